The summed E-state index contributed by atoms with van der Waals surface area (Å²) in [6.07, 6.45) is -0.499. The number of hydrogen-bond donors (Lipinski definition) is 2. The molecule has 2 nitrogen and oxygen atoms in total. The number of benzene rings is 1. The first kappa shape index (κ1) is 9.95. The van der Waals surface area contributed by atoms with Gasteiger partial charge >= 0.3 is 0 Å². The van der Waals surface area contributed by atoms with Crippen LogP contribution in [0.5, 0.6) is 0 Å². The van der Waals surface area contributed by atoms with Crippen molar-refractivity contribution in [1.82, 2.24) is 0 Å². The Morgan fingerprint density at radius 1 is 1.42 bits per heavy atom. The zero-order chi connectivity index (χ0) is 9.14. The van der Waals surface area contributed by atoms with Crippen molar-refractivity contribution in [3.8, 4) is 0 Å². The second kappa shape index (κ2) is 4.20. The fourth-order valence-corrected chi connectivity index (χ4v) is 1.75. The molecule has 3 heteroatoms. The molecule has 1 rings (SSSR count). The molecule has 0 amide bonds. The van der Waals surface area contributed by atoms with Crippen molar-refractivity contribution >= 4 is 22.6 Å². The molecule has 0 saturated heterocycles. The van der Waals surface area contributed by atoms with Crippen molar-refractivity contribution < 1.29 is 5.11 Å². The summed E-state index contributed by atoms with van der Waals surface area (Å²) in [4.78, 5) is 0. The molecule has 0 aliphatic heterocycles. The number of nitrogens with two attached hydrogens (primary N) is 1. The minimum Gasteiger partial charge on any atom is -0.391 e. The van der Waals surface area contributed by atoms with E-state index in [-0.39, 0.29) is 6.04 Å². The summed E-state index contributed by atoms with van der Waals surface area (Å²) in [5, 5.41) is 9.27. The van der Waals surface area contributed by atoms with Crippen LogP contribution in [0.1, 0.15) is 18.5 Å². The molecule has 0 heterocycles. The van der Waals surface area contributed by atoms with E-state index in [9.17, 15) is 5.11 Å². The molecule has 12 heavy (non-hydrogen) atoms. The van der Waals surface area contributed by atoms with Gasteiger partial charge in [-0.1, -0.05) is 18.2 Å². The van der Waals surface area contributed by atoms with E-state index >= 15 is 0 Å². The third-order valence-electron chi connectivity index (χ3n) is 1.78. The SMILES string of the molecule is C[C@H](O)[C@H](N)c1ccccc1I. The van der Waals surface area contributed by atoms with Gasteiger partial charge in [0.2, 0.25) is 0 Å². The zero-order valence-electron chi connectivity index (χ0n) is 6.87. The van der Waals surface area contributed by atoms with E-state index in [1.165, 1.54) is 0 Å². The molecule has 1 aromatic carbocycles. The van der Waals surface area contributed by atoms with Crippen LogP contribution in [-0.4, -0.2) is 11.2 Å². The number of aliphatic hydroxyl groups excluding tert-OH is 1. The molecule has 0 aliphatic carbocycles. The second-order valence-electron chi connectivity index (χ2n) is 2.79. The molecule has 2 atom stereocenters. The molecular weight excluding hydrogens is 265 g/mol. The first-order valence-electron chi connectivity index (χ1n) is 3.81. The van der Waals surface area contributed by atoms with Crippen molar-refractivity contribution in [2.45, 2.75) is 19.1 Å². The second-order valence-corrected chi connectivity index (χ2v) is 3.95. The minimum absolute atomic E-state index is 0.280. The van der Waals surface area contributed by atoms with Crippen molar-refractivity contribution in [3.05, 3.63) is 33.4 Å². The fourth-order valence-electron chi connectivity index (χ4n) is 1.01. The van der Waals surface area contributed by atoms with Crippen LogP contribution in [0.25, 0.3) is 0 Å². The van der Waals surface area contributed by atoms with Crippen LogP contribution in [0.3, 0.4) is 0 Å². The van der Waals surface area contributed by atoms with Crippen molar-refractivity contribution in [3.63, 3.8) is 0 Å². The van der Waals surface area contributed by atoms with E-state index in [2.05, 4.69) is 22.6 Å². The van der Waals surface area contributed by atoms with E-state index in [1.54, 1.807) is 6.92 Å². The highest BCUT2D eigenvalue weighted by molar-refractivity contribution is 14.1. The molecule has 0 aliphatic rings. The Labute approximate surface area is 85.9 Å². The van der Waals surface area contributed by atoms with E-state index in [0.717, 1.165) is 9.13 Å². The van der Waals surface area contributed by atoms with Crippen molar-refractivity contribution in [2.75, 3.05) is 0 Å². The number of rotatable bonds is 2. The molecule has 1 aromatic rings. The molecule has 66 valence electrons. The van der Waals surface area contributed by atoms with Crippen LogP contribution in [0.2, 0.25) is 0 Å². The van der Waals surface area contributed by atoms with Gasteiger partial charge < -0.3 is 10.8 Å². The summed E-state index contributed by atoms with van der Waals surface area (Å²) in [5.41, 5.74) is 6.79. The minimum atomic E-state index is -0.499. The maximum Gasteiger partial charge on any atom is 0.0705 e. The maximum atomic E-state index is 9.27. The van der Waals surface area contributed by atoms with Gasteiger partial charge in [-0.3, -0.25) is 0 Å². The summed E-state index contributed by atoms with van der Waals surface area (Å²) in [6.45, 7) is 1.70. The van der Waals surface area contributed by atoms with E-state index in [0.29, 0.717) is 0 Å². The predicted octanol–water partition coefficient (Wildman–Crippen LogP) is 1.67. The van der Waals surface area contributed by atoms with Gasteiger partial charge in [-0.15, -0.1) is 0 Å². The summed E-state index contributed by atoms with van der Waals surface area (Å²) < 4.78 is 1.10. The van der Waals surface area contributed by atoms with E-state index in [1.807, 2.05) is 24.3 Å². The molecule has 0 unspecified atom stereocenters. The van der Waals surface area contributed by atoms with Crippen LogP contribution >= 0.6 is 22.6 Å². The Bertz CT molecular complexity index is 262. The lowest BCUT2D eigenvalue weighted by atomic mass is 10.0. The van der Waals surface area contributed by atoms with Crippen molar-refractivity contribution in [2.24, 2.45) is 5.73 Å². The van der Waals surface area contributed by atoms with Crippen molar-refractivity contribution in [1.29, 1.82) is 0 Å². The Morgan fingerprint density at radius 3 is 2.50 bits per heavy atom. The molecule has 0 radical (unpaired) electrons. The Morgan fingerprint density at radius 2 is 2.00 bits per heavy atom. The number of halogens is 1. The number of aliphatic hydroxyl groups is 1. The Balaban J connectivity index is 2.94. The largest absolute Gasteiger partial charge is 0.391 e. The van der Waals surface area contributed by atoms with Crippen LogP contribution in [0, 0.1) is 3.57 Å². The Kier molecular flexibility index (Phi) is 3.49. The lowest BCUT2D eigenvalue weighted by Crippen LogP contribution is -2.23. The van der Waals surface area contributed by atoms with E-state index in [4.69, 9.17) is 5.73 Å². The first-order valence-corrected chi connectivity index (χ1v) is 4.89. The molecular formula is C9H12INO. The summed E-state index contributed by atoms with van der Waals surface area (Å²) in [7, 11) is 0. The van der Waals surface area contributed by atoms with Crippen LogP contribution in [-0.2, 0) is 0 Å². The average Bonchev–Trinajstić information content (AvgIpc) is 2.04. The van der Waals surface area contributed by atoms with Crippen LogP contribution < -0.4 is 5.73 Å². The van der Waals surface area contributed by atoms with Gasteiger partial charge in [0.1, 0.15) is 0 Å². The number of hydrogen-bond acceptors (Lipinski definition) is 2. The third kappa shape index (κ3) is 2.18. The zero-order valence-corrected chi connectivity index (χ0v) is 9.02. The molecule has 0 fully saturated rings. The lowest BCUT2D eigenvalue weighted by Gasteiger charge is -2.16. The average molecular weight is 277 g/mol. The van der Waals surface area contributed by atoms with Gasteiger partial charge in [0.15, 0.2) is 0 Å². The highest BCUT2D eigenvalue weighted by atomic mass is 127. The quantitative estimate of drug-likeness (QED) is 0.808. The van der Waals surface area contributed by atoms with E-state index < -0.39 is 6.10 Å². The van der Waals surface area contributed by atoms with Gasteiger partial charge in [0.05, 0.1) is 12.1 Å². The standard InChI is InChI=1S/C9H12INO/c1-6(12)9(11)7-4-2-3-5-8(7)10/h2-6,9,12H,11H2,1H3/t6-,9-/m0/s1. The molecule has 3 N–H and O–H groups in total. The fraction of sp³-hybridized carbons (Fsp3) is 0.333. The molecule has 0 saturated carbocycles. The van der Waals surface area contributed by atoms with Gasteiger partial charge in [0.25, 0.3) is 0 Å². The molecule has 0 bridgehead atoms. The van der Waals surface area contributed by atoms with Gasteiger partial charge in [0, 0.05) is 3.57 Å². The molecule has 0 aromatic heterocycles. The third-order valence-corrected chi connectivity index (χ3v) is 2.77. The molecule has 0 spiro atoms. The lowest BCUT2D eigenvalue weighted by molar-refractivity contribution is 0.164. The van der Waals surface area contributed by atoms with Gasteiger partial charge in [-0.25, -0.2) is 0 Å². The van der Waals surface area contributed by atoms with Gasteiger partial charge in [-0.05, 0) is 41.1 Å². The van der Waals surface area contributed by atoms with Crippen LogP contribution in [0.4, 0.5) is 0 Å². The smallest absolute Gasteiger partial charge is 0.0705 e. The summed E-state index contributed by atoms with van der Waals surface area (Å²) in [6, 6.07) is 7.54. The topological polar surface area (TPSA) is 46.2 Å². The predicted molar refractivity (Wildman–Crippen MR) is 57.8 cm³/mol. The normalized spacial score (nSPS) is 15.7. The van der Waals surface area contributed by atoms with Crippen LogP contribution in [0.15, 0.2) is 24.3 Å². The van der Waals surface area contributed by atoms with Gasteiger partial charge in [-0.2, -0.15) is 0 Å². The highest BCUT2D eigenvalue weighted by Crippen LogP contribution is 2.20. The maximum absolute atomic E-state index is 9.27. The first-order chi connectivity index (χ1) is 5.63. The summed E-state index contributed by atoms with van der Waals surface area (Å²) >= 11 is 2.22. The Hall–Kier alpha value is -0.130. The summed E-state index contributed by atoms with van der Waals surface area (Å²) in [5.74, 6) is 0. The highest BCUT2D eigenvalue weighted by Gasteiger charge is 2.13. The monoisotopic (exact) mass is 277 g/mol.